The molecule has 0 aromatic heterocycles. The fourth-order valence-electron chi connectivity index (χ4n) is 3.21. The van der Waals surface area contributed by atoms with Crippen molar-refractivity contribution in [3.05, 3.63) is 0 Å². The highest BCUT2D eigenvalue weighted by atomic mass is 16.5. The second kappa shape index (κ2) is 5.86. The summed E-state index contributed by atoms with van der Waals surface area (Å²) in [6, 6.07) is 0. The monoisotopic (exact) mass is 212 g/mol. The molecule has 15 heavy (non-hydrogen) atoms. The fourth-order valence-corrected chi connectivity index (χ4v) is 3.21. The van der Waals surface area contributed by atoms with Crippen molar-refractivity contribution in [2.24, 2.45) is 11.8 Å². The Labute approximate surface area is 93.0 Å². The van der Waals surface area contributed by atoms with Gasteiger partial charge in [0.05, 0.1) is 6.10 Å². The second-order valence-electron chi connectivity index (χ2n) is 5.13. The van der Waals surface area contributed by atoms with Gasteiger partial charge in [-0.25, -0.2) is 0 Å². The molecule has 0 amide bonds. The van der Waals surface area contributed by atoms with Crippen molar-refractivity contribution in [1.29, 1.82) is 0 Å². The van der Waals surface area contributed by atoms with E-state index in [1.54, 1.807) is 0 Å². The maximum Gasteiger partial charge on any atom is 0.0627 e. The smallest absolute Gasteiger partial charge is 0.0627 e. The van der Waals surface area contributed by atoms with Gasteiger partial charge in [0.15, 0.2) is 0 Å². The van der Waals surface area contributed by atoms with Crippen LogP contribution in [0, 0.1) is 11.8 Å². The van der Waals surface area contributed by atoms with Crippen LogP contribution in [0.4, 0.5) is 0 Å². The lowest BCUT2D eigenvalue weighted by molar-refractivity contribution is -0.105. The van der Waals surface area contributed by atoms with Crippen molar-refractivity contribution in [2.75, 3.05) is 13.2 Å². The zero-order valence-electron chi connectivity index (χ0n) is 9.66. The van der Waals surface area contributed by atoms with Gasteiger partial charge >= 0.3 is 0 Å². The van der Waals surface area contributed by atoms with Gasteiger partial charge in [-0.1, -0.05) is 32.1 Å². The summed E-state index contributed by atoms with van der Waals surface area (Å²) in [6.07, 6.45) is 11.0. The van der Waals surface area contributed by atoms with Gasteiger partial charge in [0.25, 0.3) is 0 Å². The van der Waals surface area contributed by atoms with E-state index in [0.717, 1.165) is 24.9 Å². The van der Waals surface area contributed by atoms with Crippen LogP contribution in [0.3, 0.4) is 0 Å². The molecule has 2 aliphatic rings. The first kappa shape index (κ1) is 11.4. The molecular formula is C13H24O2. The van der Waals surface area contributed by atoms with Gasteiger partial charge in [0.2, 0.25) is 0 Å². The van der Waals surface area contributed by atoms with Crippen LogP contribution in [0.1, 0.15) is 51.4 Å². The summed E-state index contributed by atoms with van der Waals surface area (Å²) in [5, 5.41) is 8.95. The Bertz CT molecular complexity index is 171. The predicted molar refractivity (Wildman–Crippen MR) is 60.7 cm³/mol. The molecule has 2 nitrogen and oxygen atoms in total. The molecule has 0 aromatic carbocycles. The van der Waals surface area contributed by atoms with Crippen LogP contribution in [0.25, 0.3) is 0 Å². The van der Waals surface area contributed by atoms with E-state index in [2.05, 4.69) is 0 Å². The Hall–Kier alpha value is -0.0800. The third-order valence-corrected chi connectivity index (χ3v) is 4.16. The molecular weight excluding hydrogens is 188 g/mol. The Morgan fingerprint density at radius 2 is 1.87 bits per heavy atom. The summed E-state index contributed by atoms with van der Waals surface area (Å²) in [7, 11) is 0. The average Bonchev–Trinajstić information content (AvgIpc) is 2.22. The summed E-state index contributed by atoms with van der Waals surface area (Å²) in [6.45, 7) is 1.31. The van der Waals surface area contributed by atoms with Crippen LogP contribution in [0.2, 0.25) is 0 Å². The van der Waals surface area contributed by atoms with Crippen LogP contribution in [0.15, 0.2) is 0 Å². The normalized spacial score (nSPS) is 29.8. The SMILES string of the molecule is OCCCC(C1CCCCC1)C1CCO1. The highest BCUT2D eigenvalue weighted by Crippen LogP contribution is 2.38. The number of aliphatic hydroxyl groups is 1. The molecule has 88 valence electrons. The lowest BCUT2D eigenvalue weighted by Crippen LogP contribution is -2.39. The standard InChI is InChI=1S/C13H24O2/c14-9-4-7-12(13-8-10-15-13)11-5-2-1-3-6-11/h11-14H,1-10H2. The molecule has 1 N–H and O–H groups in total. The first-order valence-electron chi connectivity index (χ1n) is 6.64. The van der Waals surface area contributed by atoms with Crippen LogP contribution in [0.5, 0.6) is 0 Å². The minimum atomic E-state index is 0.343. The lowest BCUT2D eigenvalue weighted by atomic mass is 9.74. The van der Waals surface area contributed by atoms with E-state index in [-0.39, 0.29) is 0 Å². The van der Waals surface area contributed by atoms with Crippen molar-refractivity contribution in [3.63, 3.8) is 0 Å². The van der Waals surface area contributed by atoms with E-state index in [0.29, 0.717) is 12.7 Å². The second-order valence-corrected chi connectivity index (χ2v) is 5.13. The Kier molecular flexibility index (Phi) is 4.45. The number of hydrogen-bond acceptors (Lipinski definition) is 2. The van der Waals surface area contributed by atoms with Crippen molar-refractivity contribution in [3.8, 4) is 0 Å². The van der Waals surface area contributed by atoms with Crippen LogP contribution >= 0.6 is 0 Å². The molecule has 0 aromatic rings. The molecule has 1 aliphatic heterocycles. The van der Waals surface area contributed by atoms with Crippen LogP contribution < -0.4 is 0 Å². The van der Waals surface area contributed by atoms with Crippen molar-refractivity contribution in [1.82, 2.24) is 0 Å². The molecule has 1 aliphatic carbocycles. The summed E-state index contributed by atoms with van der Waals surface area (Å²) in [5.74, 6) is 1.63. The van der Waals surface area contributed by atoms with E-state index in [1.165, 1.54) is 44.9 Å². The Morgan fingerprint density at radius 1 is 1.13 bits per heavy atom. The van der Waals surface area contributed by atoms with E-state index in [9.17, 15) is 0 Å². The molecule has 2 unspecified atom stereocenters. The molecule has 0 bridgehead atoms. The quantitative estimate of drug-likeness (QED) is 0.759. The Morgan fingerprint density at radius 3 is 2.40 bits per heavy atom. The van der Waals surface area contributed by atoms with Gasteiger partial charge in [0.1, 0.15) is 0 Å². The first-order chi connectivity index (χ1) is 7.42. The molecule has 1 saturated heterocycles. The molecule has 0 spiro atoms. The molecule has 0 radical (unpaired) electrons. The number of ether oxygens (including phenoxy) is 1. The third kappa shape index (κ3) is 2.94. The fraction of sp³-hybridized carbons (Fsp3) is 1.00. The predicted octanol–water partition coefficient (Wildman–Crippen LogP) is 2.74. The largest absolute Gasteiger partial charge is 0.396 e. The van der Waals surface area contributed by atoms with Crippen molar-refractivity contribution < 1.29 is 9.84 Å². The van der Waals surface area contributed by atoms with Gasteiger partial charge in [-0.3, -0.25) is 0 Å². The van der Waals surface area contributed by atoms with Gasteiger partial charge in [-0.15, -0.1) is 0 Å². The highest BCUT2D eigenvalue weighted by molar-refractivity contribution is 4.83. The van der Waals surface area contributed by atoms with Crippen molar-refractivity contribution in [2.45, 2.75) is 57.5 Å². The molecule has 2 fully saturated rings. The van der Waals surface area contributed by atoms with Gasteiger partial charge in [-0.2, -0.15) is 0 Å². The zero-order chi connectivity index (χ0) is 10.5. The highest BCUT2D eigenvalue weighted by Gasteiger charge is 2.34. The van der Waals surface area contributed by atoms with Crippen LogP contribution in [-0.4, -0.2) is 24.4 Å². The topological polar surface area (TPSA) is 29.5 Å². The van der Waals surface area contributed by atoms with Gasteiger partial charge in [0, 0.05) is 13.2 Å². The van der Waals surface area contributed by atoms with Crippen LogP contribution in [-0.2, 0) is 4.74 Å². The van der Waals surface area contributed by atoms with E-state index in [1.807, 2.05) is 0 Å². The van der Waals surface area contributed by atoms with E-state index in [4.69, 9.17) is 9.84 Å². The molecule has 2 atom stereocenters. The third-order valence-electron chi connectivity index (χ3n) is 4.16. The number of hydrogen-bond donors (Lipinski definition) is 1. The summed E-state index contributed by atoms with van der Waals surface area (Å²) < 4.78 is 5.66. The summed E-state index contributed by atoms with van der Waals surface area (Å²) in [4.78, 5) is 0. The van der Waals surface area contributed by atoms with Crippen molar-refractivity contribution >= 4 is 0 Å². The maximum absolute atomic E-state index is 8.95. The first-order valence-corrected chi connectivity index (χ1v) is 6.64. The lowest BCUT2D eigenvalue weighted by Gasteiger charge is -2.40. The number of aliphatic hydroxyl groups excluding tert-OH is 1. The minimum Gasteiger partial charge on any atom is -0.396 e. The number of rotatable bonds is 5. The van der Waals surface area contributed by atoms with E-state index >= 15 is 0 Å². The molecule has 1 saturated carbocycles. The Balaban J connectivity index is 1.84. The molecule has 1 heterocycles. The van der Waals surface area contributed by atoms with Gasteiger partial charge in [-0.05, 0) is 31.1 Å². The average molecular weight is 212 g/mol. The zero-order valence-corrected chi connectivity index (χ0v) is 9.66. The maximum atomic E-state index is 8.95. The minimum absolute atomic E-state index is 0.343. The van der Waals surface area contributed by atoms with Gasteiger partial charge < -0.3 is 9.84 Å². The summed E-state index contributed by atoms with van der Waals surface area (Å²) in [5.41, 5.74) is 0. The molecule has 2 heteroatoms. The molecule has 2 rings (SSSR count). The van der Waals surface area contributed by atoms with E-state index < -0.39 is 0 Å². The summed E-state index contributed by atoms with van der Waals surface area (Å²) >= 11 is 0.